The van der Waals surface area contributed by atoms with Gasteiger partial charge in [0, 0.05) is 26.1 Å². The van der Waals surface area contributed by atoms with E-state index in [1.165, 1.54) is 49.6 Å². The third-order valence-corrected chi connectivity index (χ3v) is 5.74. The Morgan fingerprint density at radius 1 is 1.20 bits per heavy atom. The molecule has 1 amide bonds. The number of carbonyl (C=O) groups excluding carboxylic acids is 2. The Hall–Kier alpha value is -4.09. The van der Waals surface area contributed by atoms with E-state index in [9.17, 15) is 32.7 Å². The first-order valence-corrected chi connectivity index (χ1v) is 10.6. The van der Waals surface area contributed by atoms with Crippen LogP contribution in [0.4, 0.5) is 13.2 Å². The minimum absolute atomic E-state index is 0.170. The molecule has 9 nitrogen and oxygen atoms in total. The number of Topliss-reactive ketones (excluding diaryl/α,β-unsaturated/α-hetero) is 1. The molecule has 0 aliphatic carbocycles. The monoisotopic (exact) mass is 487 g/mol. The van der Waals surface area contributed by atoms with Crippen molar-refractivity contribution in [3.05, 3.63) is 81.5 Å². The van der Waals surface area contributed by atoms with Crippen LogP contribution >= 0.6 is 0 Å². The van der Waals surface area contributed by atoms with Crippen LogP contribution in [0.2, 0.25) is 0 Å². The quantitative estimate of drug-likeness (QED) is 0.531. The van der Waals surface area contributed by atoms with Crippen LogP contribution in [0.5, 0.6) is 5.75 Å². The number of rotatable bonds is 6. The normalized spacial score (nSPS) is 16.9. The summed E-state index contributed by atoms with van der Waals surface area (Å²) in [6, 6.07) is 6.82. The van der Waals surface area contributed by atoms with Crippen molar-refractivity contribution < 1.29 is 27.9 Å². The first-order chi connectivity index (χ1) is 16.6. The van der Waals surface area contributed by atoms with E-state index in [1.807, 2.05) is 0 Å². The van der Waals surface area contributed by atoms with Crippen molar-refractivity contribution in [3.63, 3.8) is 0 Å². The first kappa shape index (κ1) is 24.0. The van der Waals surface area contributed by atoms with E-state index in [1.54, 1.807) is 0 Å². The second-order valence-electron chi connectivity index (χ2n) is 8.20. The lowest BCUT2D eigenvalue weighted by Crippen LogP contribution is -2.36. The first-order valence-electron chi connectivity index (χ1n) is 10.6. The molecular formula is C23H20F3N5O4. The number of alkyl halides is 2. The van der Waals surface area contributed by atoms with Gasteiger partial charge in [-0.2, -0.15) is 5.10 Å². The van der Waals surface area contributed by atoms with E-state index in [2.05, 4.69) is 15.2 Å². The smallest absolute Gasteiger partial charge is 0.296 e. The Kier molecular flexibility index (Phi) is 6.37. The molecule has 1 saturated heterocycles. The summed E-state index contributed by atoms with van der Waals surface area (Å²) in [5.74, 6) is -6.46. The number of aromatic hydroxyl groups is 1. The molecule has 1 fully saturated rings. The van der Waals surface area contributed by atoms with Gasteiger partial charge in [-0.3, -0.25) is 19.0 Å². The average molecular weight is 487 g/mol. The lowest BCUT2D eigenvalue weighted by Gasteiger charge is -2.24. The minimum atomic E-state index is -3.29. The highest BCUT2D eigenvalue weighted by molar-refractivity contribution is 5.96. The molecule has 0 radical (unpaired) electrons. The maximum Gasteiger partial charge on any atom is 0.296 e. The summed E-state index contributed by atoms with van der Waals surface area (Å²) in [5, 5.41) is 17.5. The molecule has 12 heteroatoms. The molecule has 1 aromatic carbocycles. The second-order valence-corrected chi connectivity index (χ2v) is 8.20. The van der Waals surface area contributed by atoms with Gasteiger partial charge in [0.2, 0.25) is 5.75 Å². The fourth-order valence-electron chi connectivity index (χ4n) is 3.95. The summed E-state index contributed by atoms with van der Waals surface area (Å²) in [6.45, 7) is -0.947. The predicted molar refractivity (Wildman–Crippen MR) is 116 cm³/mol. The van der Waals surface area contributed by atoms with Gasteiger partial charge in [-0.05, 0) is 36.2 Å². The van der Waals surface area contributed by atoms with Crippen molar-refractivity contribution in [2.45, 2.75) is 31.2 Å². The van der Waals surface area contributed by atoms with Gasteiger partial charge < -0.3 is 10.0 Å². The predicted octanol–water partition coefficient (Wildman–Crippen LogP) is 2.45. The van der Waals surface area contributed by atoms with Crippen LogP contribution in [0.15, 0.2) is 47.4 Å². The van der Waals surface area contributed by atoms with Crippen molar-refractivity contribution in [2.24, 2.45) is 7.05 Å². The van der Waals surface area contributed by atoms with E-state index >= 15 is 0 Å². The van der Waals surface area contributed by atoms with Gasteiger partial charge in [-0.1, -0.05) is 12.1 Å². The van der Waals surface area contributed by atoms with Gasteiger partial charge in [0.25, 0.3) is 17.4 Å². The van der Waals surface area contributed by atoms with E-state index in [-0.39, 0.29) is 24.4 Å². The summed E-state index contributed by atoms with van der Waals surface area (Å²) < 4.78 is 42.8. The fraction of sp³-hybridized carbons (Fsp3) is 0.304. The highest BCUT2D eigenvalue weighted by atomic mass is 19.3. The average Bonchev–Trinajstić information content (AvgIpc) is 3.17. The van der Waals surface area contributed by atoms with Gasteiger partial charge in [0.05, 0.1) is 12.6 Å². The van der Waals surface area contributed by atoms with Crippen molar-refractivity contribution in [1.82, 2.24) is 24.6 Å². The molecule has 2 aromatic heterocycles. The summed E-state index contributed by atoms with van der Waals surface area (Å²) in [5.41, 5.74) is -1.12. The second kappa shape index (κ2) is 9.28. The third-order valence-electron chi connectivity index (χ3n) is 5.74. The van der Waals surface area contributed by atoms with Crippen molar-refractivity contribution in [3.8, 4) is 5.75 Å². The Bertz CT molecular complexity index is 1330. The molecule has 0 unspecified atom stereocenters. The largest absolute Gasteiger partial charge is 0.501 e. The minimum Gasteiger partial charge on any atom is -0.501 e. The molecule has 0 bridgehead atoms. The number of benzene rings is 1. The topological polar surface area (TPSA) is 118 Å². The van der Waals surface area contributed by atoms with Gasteiger partial charge in [-0.15, -0.1) is 5.10 Å². The third kappa shape index (κ3) is 4.91. The lowest BCUT2D eigenvalue weighted by molar-refractivity contribution is 0.0116. The number of aryl methyl sites for hydroxylation is 1. The van der Waals surface area contributed by atoms with Crippen LogP contribution < -0.4 is 5.56 Å². The van der Waals surface area contributed by atoms with Gasteiger partial charge >= 0.3 is 0 Å². The van der Waals surface area contributed by atoms with Crippen molar-refractivity contribution in [1.29, 1.82) is 0 Å². The number of halogens is 3. The molecule has 1 atom stereocenters. The molecule has 4 rings (SSSR count). The summed E-state index contributed by atoms with van der Waals surface area (Å²) >= 11 is 0. The molecule has 35 heavy (non-hydrogen) atoms. The number of carbonyl (C=O) groups is 2. The zero-order valence-electron chi connectivity index (χ0n) is 18.5. The van der Waals surface area contributed by atoms with E-state index in [0.29, 0.717) is 5.56 Å². The summed E-state index contributed by atoms with van der Waals surface area (Å²) in [4.78, 5) is 43.3. The summed E-state index contributed by atoms with van der Waals surface area (Å²) in [6.07, 6.45) is 0.473. The van der Waals surface area contributed by atoms with E-state index < -0.39 is 59.4 Å². The molecule has 3 aromatic rings. The van der Waals surface area contributed by atoms with Crippen LogP contribution in [0.3, 0.4) is 0 Å². The van der Waals surface area contributed by atoms with Gasteiger partial charge in [0.15, 0.2) is 17.2 Å². The molecule has 1 aliphatic heterocycles. The van der Waals surface area contributed by atoms with Crippen LogP contribution in [0.25, 0.3) is 0 Å². The SMILES string of the molecule is Cn1c([C@@H]2CC(F)(F)CN2C(=O)c2cccnn2)nc(C(=O)CCc2ccc(F)cc2)c(O)c1=O. The number of ketones is 1. The number of nitrogens with zero attached hydrogens (tertiary/aromatic N) is 5. The van der Waals surface area contributed by atoms with E-state index in [0.717, 1.165) is 9.47 Å². The Morgan fingerprint density at radius 3 is 2.57 bits per heavy atom. The van der Waals surface area contributed by atoms with Crippen LogP contribution in [-0.4, -0.2) is 53.9 Å². The van der Waals surface area contributed by atoms with Crippen molar-refractivity contribution in [2.75, 3.05) is 6.54 Å². The van der Waals surface area contributed by atoms with Gasteiger partial charge in [0.1, 0.15) is 11.6 Å². The van der Waals surface area contributed by atoms with Crippen LogP contribution in [-0.2, 0) is 13.5 Å². The maximum absolute atomic E-state index is 14.4. The standard InChI is InChI=1S/C23H20F3N5O4/c1-30-20(16-11-23(25,26)12-31(16)21(34)15-3-2-10-27-29-15)28-18(19(33)22(30)35)17(32)9-6-13-4-7-14(24)8-5-13/h2-5,7-8,10,16,33H,6,9,11-12H2,1H3/t16-/m0/s1. The highest BCUT2D eigenvalue weighted by Gasteiger charge is 2.49. The lowest BCUT2D eigenvalue weighted by atomic mass is 10.0. The molecule has 3 heterocycles. The Labute approximate surface area is 196 Å². The number of likely N-dealkylation sites (tertiary alicyclic amines) is 1. The van der Waals surface area contributed by atoms with Crippen LogP contribution in [0.1, 0.15) is 51.2 Å². The van der Waals surface area contributed by atoms with Crippen molar-refractivity contribution >= 4 is 11.7 Å². The zero-order chi connectivity index (χ0) is 25.3. The molecule has 0 saturated carbocycles. The highest BCUT2D eigenvalue weighted by Crippen LogP contribution is 2.41. The van der Waals surface area contributed by atoms with Crippen LogP contribution in [0, 0.1) is 5.82 Å². The molecular weight excluding hydrogens is 467 g/mol. The molecule has 1 N–H and O–H groups in total. The van der Waals surface area contributed by atoms with Gasteiger partial charge in [-0.25, -0.2) is 18.2 Å². The van der Waals surface area contributed by atoms with E-state index in [4.69, 9.17) is 0 Å². The summed E-state index contributed by atoms with van der Waals surface area (Å²) in [7, 11) is 1.21. The number of aromatic nitrogens is 4. The number of hydrogen-bond acceptors (Lipinski definition) is 7. The number of hydrogen-bond donors (Lipinski definition) is 1. The zero-order valence-corrected chi connectivity index (χ0v) is 18.5. The molecule has 0 spiro atoms. The molecule has 1 aliphatic rings. The Balaban J connectivity index is 1.68. The number of amides is 1. The molecule has 182 valence electrons. The maximum atomic E-state index is 14.4. The fourth-order valence-corrected chi connectivity index (χ4v) is 3.95. The Morgan fingerprint density at radius 2 is 1.91 bits per heavy atom.